The first-order chi connectivity index (χ1) is 17.4. The van der Waals surface area contributed by atoms with E-state index in [2.05, 4.69) is 45.2 Å². The third kappa shape index (κ3) is 7.14. The number of carboxylic acids is 1. The number of carboxylic acid groups (broad SMARTS) is 1. The van der Waals surface area contributed by atoms with Gasteiger partial charge in [0.1, 0.15) is 23.1 Å². The monoisotopic (exact) mass is 513 g/mol. The Kier molecular flexibility index (Phi) is 9.43. The topological polar surface area (TPSA) is 102 Å². The lowest BCUT2D eigenvalue weighted by molar-refractivity contribution is -0.141. The highest BCUT2D eigenvalue weighted by molar-refractivity contribution is 5.87. The molecule has 0 unspecified atom stereocenters. The number of fused-ring (bicyclic) bond motifs is 3. The van der Waals surface area contributed by atoms with Gasteiger partial charge in [-0.05, 0) is 70.1 Å². The van der Waals surface area contributed by atoms with Crippen molar-refractivity contribution in [3.05, 3.63) is 34.9 Å². The Morgan fingerprint density at radius 3 is 2.57 bits per heavy atom. The van der Waals surface area contributed by atoms with Crippen molar-refractivity contribution in [1.82, 2.24) is 5.32 Å². The van der Waals surface area contributed by atoms with Crippen LogP contribution in [-0.2, 0) is 20.8 Å². The lowest BCUT2D eigenvalue weighted by atomic mass is 9.68. The summed E-state index contributed by atoms with van der Waals surface area (Å²) >= 11 is 0. The Morgan fingerprint density at radius 2 is 1.92 bits per heavy atom. The molecule has 3 atom stereocenters. The number of unbranched alkanes of at least 4 members (excludes halogenated alkanes) is 2. The first-order valence-electron chi connectivity index (χ1n) is 13.7. The van der Waals surface area contributed by atoms with Crippen molar-refractivity contribution in [2.24, 2.45) is 11.8 Å². The third-order valence-electron chi connectivity index (χ3n) is 7.59. The van der Waals surface area contributed by atoms with Crippen LogP contribution in [-0.4, -0.2) is 34.6 Å². The molecular weight excluding hydrogens is 470 g/mol. The van der Waals surface area contributed by atoms with Gasteiger partial charge >= 0.3 is 11.9 Å². The number of hydrogen-bond donors (Lipinski definition) is 2. The van der Waals surface area contributed by atoms with Crippen molar-refractivity contribution in [3.8, 4) is 11.5 Å². The summed E-state index contributed by atoms with van der Waals surface area (Å²) < 4.78 is 12.7. The minimum atomic E-state index is -1.06. The molecule has 204 valence electrons. The smallest absolute Gasteiger partial charge is 0.334 e. The summed E-state index contributed by atoms with van der Waals surface area (Å²) in [4.78, 5) is 36.6. The predicted octanol–water partition coefficient (Wildman–Crippen LogP) is 5.94. The number of carbonyl (C=O) groups excluding carboxylic acids is 2. The van der Waals surface area contributed by atoms with Crippen LogP contribution in [0.5, 0.6) is 11.5 Å². The van der Waals surface area contributed by atoms with E-state index in [1.807, 2.05) is 19.9 Å². The maximum Gasteiger partial charge on any atom is 0.334 e. The fraction of sp³-hybridized carbons (Fsp3) is 0.633. The lowest BCUT2D eigenvalue weighted by Crippen LogP contribution is -2.47. The SMILES string of the molecule is CCCCCc1cc(OC(=O)[C@@H](NC(=O)CCC(=O)O)C(C)C)c2c(c1)OC(C)(C)[C@@H]1CCC(C)=C[C@@H]21. The van der Waals surface area contributed by atoms with E-state index in [9.17, 15) is 14.4 Å². The number of allylic oxidation sites excluding steroid dienone is 2. The van der Waals surface area contributed by atoms with E-state index < -0.39 is 23.9 Å². The fourth-order valence-corrected chi connectivity index (χ4v) is 5.50. The second-order valence-corrected chi connectivity index (χ2v) is 11.5. The molecule has 0 aromatic heterocycles. The second-order valence-electron chi connectivity index (χ2n) is 11.5. The van der Waals surface area contributed by atoms with Crippen LogP contribution in [0.1, 0.15) is 104 Å². The van der Waals surface area contributed by atoms with Gasteiger partial charge in [-0.1, -0.05) is 45.3 Å². The number of benzene rings is 1. The summed E-state index contributed by atoms with van der Waals surface area (Å²) in [6.07, 6.45) is 7.95. The number of carbonyl (C=O) groups is 3. The molecule has 0 saturated carbocycles. The van der Waals surface area contributed by atoms with Gasteiger partial charge in [-0.15, -0.1) is 0 Å². The highest BCUT2D eigenvalue weighted by atomic mass is 16.5. The molecule has 37 heavy (non-hydrogen) atoms. The van der Waals surface area contributed by atoms with Crippen LogP contribution in [0.25, 0.3) is 0 Å². The van der Waals surface area contributed by atoms with Crippen LogP contribution >= 0.6 is 0 Å². The van der Waals surface area contributed by atoms with Crippen molar-refractivity contribution in [1.29, 1.82) is 0 Å². The average Bonchev–Trinajstić information content (AvgIpc) is 2.80. The molecule has 0 spiro atoms. The molecule has 1 aliphatic heterocycles. The molecular formula is C30H43NO6. The van der Waals surface area contributed by atoms with Gasteiger partial charge in [-0.25, -0.2) is 4.79 Å². The minimum absolute atomic E-state index is 0.0719. The van der Waals surface area contributed by atoms with Crippen LogP contribution in [0, 0.1) is 11.8 Å². The molecule has 0 fully saturated rings. The second kappa shape index (κ2) is 12.1. The number of rotatable bonds is 11. The number of aryl methyl sites for hydroxylation is 1. The van der Waals surface area contributed by atoms with E-state index in [0.717, 1.165) is 55.4 Å². The van der Waals surface area contributed by atoms with E-state index in [-0.39, 0.29) is 36.2 Å². The number of esters is 1. The van der Waals surface area contributed by atoms with Crippen LogP contribution in [0.3, 0.4) is 0 Å². The van der Waals surface area contributed by atoms with Crippen molar-refractivity contribution in [3.63, 3.8) is 0 Å². The molecule has 3 rings (SSSR count). The van der Waals surface area contributed by atoms with Crippen molar-refractivity contribution >= 4 is 17.8 Å². The van der Waals surface area contributed by atoms with E-state index in [1.165, 1.54) is 5.57 Å². The molecule has 2 N–H and O–H groups in total. The van der Waals surface area contributed by atoms with Crippen molar-refractivity contribution in [2.75, 3.05) is 0 Å². The summed E-state index contributed by atoms with van der Waals surface area (Å²) in [5, 5.41) is 11.6. The average molecular weight is 514 g/mol. The Bertz CT molecular complexity index is 1040. The molecule has 7 nitrogen and oxygen atoms in total. The Hall–Kier alpha value is -2.83. The van der Waals surface area contributed by atoms with Gasteiger partial charge in [0.2, 0.25) is 5.91 Å². The van der Waals surface area contributed by atoms with Crippen molar-refractivity contribution < 1.29 is 29.0 Å². The van der Waals surface area contributed by atoms with Crippen LogP contribution in [0.4, 0.5) is 0 Å². The Balaban J connectivity index is 1.97. The summed E-state index contributed by atoms with van der Waals surface area (Å²) in [6.45, 7) is 12.2. The van der Waals surface area contributed by atoms with Crippen molar-refractivity contribution in [2.45, 2.75) is 110 Å². The van der Waals surface area contributed by atoms with Gasteiger partial charge in [0.05, 0.1) is 6.42 Å². The molecule has 1 aromatic rings. The van der Waals surface area contributed by atoms with Gasteiger partial charge in [0.15, 0.2) is 0 Å². The van der Waals surface area contributed by atoms with Crippen LogP contribution < -0.4 is 14.8 Å². The van der Waals surface area contributed by atoms with Gasteiger partial charge in [-0.3, -0.25) is 9.59 Å². The van der Waals surface area contributed by atoms with E-state index >= 15 is 0 Å². The minimum Gasteiger partial charge on any atom is -0.487 e. The third-order valence-corrected chi connectivity index (χ3v) is 7.59. The number of aliphatic carboxylic acids is 1. The first kappa shape index (κ1) is 28.7. The summed E-state index contributed by atoms with van der Waals surface area (Å²) in [6, 6.07) is 3.18. The molecule has 1 aromatic carbocycles. The highest BCUT2D eigenvalue weighted by Crippen LogP contribution is 2.53. The number of amides is 1. The summed E-state index contributed by atoms with van der Waals surface area (Å²) in [5.41, 5.74) is 2.93. The van der Waals surface area contributed by atoms with Crippen LogP contribution in [0.15, 0.2) is 23.8 Å². The van der Waals surface area contributed by atoms with E-state index in [4.69, 9.17) is 14.6 Å². The van der Waals surface area contributed by atoms with E-state index in [0.29, 0.717) is 5.75 Å². The molecule has 0 bridgehead atoms. The summed E-state index contributed by atoms with van der Waals surface area (Å²) in [5.74, 6) is -0.736. The quantitative estimate of drug-likeness (QED) is 0.164. The zero-order chi connectivity index (χ0) is 27.3. The van der Waals surface area contributed by atoms with Gasteiger partial charge in [-0.2, -0.15) is 0 Å². The standard InChI is InChI=1S/C30H43NO6/c1-7-8-9-10-20-16-23(36-29(35)28(18(2)3)31-25(32)13-14-26(33)34)27-21-15-19(4)11-12-22(21)30(5,6)37-24(27)17-20/h15-18,21-22,28H,7-14H2,1-6H3,(H,31,32)(H,33,34)/t21-,22-,28+/m1/s1. The zero-order valence-corrected chi connectivity index (χ0v) is 23.2. The Morgan fingerprint density at radius 1 is 1.19 bits per heavy atom. The highest BCUT2D eigenvalue weighted by Gasteiger charge is 2.46. The largest absolute Gasteiger partial charge is 0.487 e. The lowest BCUT2D eigenvalue weighted by Gasteiger charge is -2.46. The fourth-order valence-electron chi connectivity index (χ4n) is 5.50. The molecule has 0 saturated heterocycles. The first-order valence-corrected chi connectivity index (χ1v) is 13.7. The maximum atomic E-state index is 13.4. The molecule has 1 heterocycles. The number of hydrogen-bond acceptors (Lipinski definition) is 5. The predicted molar refractivity (Wildman–Crippen MR) is 143 cm³/mol. The maximum absolute atomic E-state index is 13.4. The Labute approximate surface area is 221 Å². The normalized spacial score (nSPS) is 20.7. The molecule has 0 radical (unpaired) electrons. The van der Waals surface area contributed by atoms with E-state index in [1.54, 1.807) is 0 Å². The molecule has 1 aliphatic carbocycles. The zero-order valence-electron chi connectivity index (χ0n) is 23.2. The molecule has 1 amide bonds. The van der Waals surface area contributed by atoms with Gasteiger partial charge < -0.3 is 19.9 Å². The van der Waals surface area contributed by atoms with Crippen LogP contribution in [0.2, 0.25) is 0 Å². The summed E-state index contributed by atoms with van der Waals surface area (Å²) in [7, 11) is 0. The molecule has 7 heteroatoms. The van der Waals surface area contributed by atoms with Gasteiger partial charge in [0.25, 0.3) is 0 Å². The molecule has 2 aliphatic rings. The number of ether oxygens (including phenoxy) is 2. The van der Waals surface area contributed by atoms with Gasteiger partial charge in [0, 0.05) is 23.8 Å². The number of nitrogens with one attached hydrogen (secondary N) is 1.